The summed E-state index contributed by atoms with van der Waals surface area (Å²) in [6.07, 6.45) is 0. The number of hydrogen-bond acceptors (Lipinski definition) is 5. The van der Waals surface area contributed by atoms with Gasteiger partial charge in [0.1, 0.15) is 11.6 Å². The van der Waals surface area contributed by atoms with Crippen LogP contribution in [0.5, 0.6) is 5.75 Å². The molecule has 7 nitrogen and oxygen atoms in total. The van der Waals surface area contributed by atoms with Crippen LogP contribution >= 0.6 is 22.4 Å². The highest BCUT2D eigenvalue weighted by Crippen LogP contribution is 2.61. The molecule has 2 amide bonds. The van der Waals surface area contributed by atoms with Gasteiger partial charge in [-0.1, -0.05) is 23.7 Å². The van der Waals surface area contributed by atoms with Crippen LogP contribution in [0.4, 0.5) is 20.6 Å². The zero-order chi connectivity index (χ0) is 20.6. The Labute approximate surface area is 169 Å². The molecule has 1 heterocycles. The van der Waals surface area contributed by atoms with Crippen molar-refractivity contribution in [1.82, 2.24) is 4.90 Å². The maximum absolute atomic E-state index is 14.5. The molecule has 3 N–H and O–H groups in total. The number of fused-ring (bicyclic) bond motifs is 1. The molecule has 0 saturated carbocycles. The Hall–Kier alpha value is -2.20. The number of halogens is 2. The van der Waals surface area contributed by atoms with Crippen molar-refractivity contribution in [3.05, 3.63) is 52.3 Å². The summed E-state index contributed by atoms with van der Waals surface area (Å²) >= 11 is 6.25. The van der Waals surface area contributed by atoms with Gasteiger partial charge < -0.3 is 15.0 Å². The molecular formula is C18H21ClFN3O4S. The lowest BCUT2D eigenvalue weighted by Gasteiger charge is -2.38. The highest BCUT2D eigenvalue weighted by Gasteiger charge is 2.39. The Morgan fingerprint density at radius 1 is 1.36 bits per heavy atom. The predicted molar refractivity (Wildman–Crippen MR) is 110 cm³/mol. The monoisotopic (exact) mass is 429 g/mol. The molecular weight excluding hydrogens is 409 g/mol. The average molecular weight is 430 g/mol. The number of hydrogen-bond donors (Lipinski definition) is 3. The molecule has 0 aliphatic carbocycles. The second-order valence-electron chi connectivity index (χ2n) is 6.53. The minimum Gasteiger partial charge on any atom is -0.497 e. The van der Waals surface area contributed by atoms with E-state index in [1.165, 1.54) is 23.3 Å². The number of rotatable bonds is 4. The summed E-state index contributed by atoms with van der Waals surface area (Å²) in [6, 6.07) is 7.62. The zero-order valence-corrected chi connectivity index (χ0v) is 17.1. The Bertz CT molecular complexity index is 909. The van der Waals surface area contributed by atoms with Crippen LogP contribution in [-0.4, -0.2) is 41.2 Å². The van der Waals surface area contributed by atoms with Crippen molar-refractivity contribution in [2.45, 2.75) is 12.3 Å². The highest BCUT2D eigenvalue weighted by molar-refractivity contribution is 8.25. The maximum Gasteiger partial charge on any atom is 0.321 e. The van der Waals surface area contributed by atoms with E-state index in [-0.39, 0.29) is 28.6 Å². The third-order valence-electron chi connectivity index (χ3n) is 4.37. The topological polar surface area (TPSA) is 85.3 Å². The molecule has 0 saturated heterocycles. The van der Waals surface area contributed by atoms with Crippen molar-refractivity contribution >= 4 is 39.8 Å². The van der Waals surface area contributed by atoms with Crippen molar-refractivity contribution in [3.8, 4) is 5.75 Å². The fourth-order valence-corrected chi connectivity index (χ4v) is 4.96. The average Bonchev–Trinajstić information content (AvgIpc) is 2.90. The molecule has 152 valence electrons. The van der Waals surface area contributed by atoms with Crippen LogP contribution in [-0.2, 0) is 12.3 Å². The lowest BCUT2D eigenvalue weighted by atomic mass is 10.1. The molecule has 2 aromatic rings. The fraction of sp³-hybridized carbons (Fsp3) is 0.278. The van der Waals surface area contributed by atoms with Crippen LogP contribution < -0.4 is 14.4 Å². The molecule has 2 aromatic carbocycles. The van der Waals surface area contributed by atoms with Gasteiger partial charge in [-0.2, -0.15) is 0 Å². The minimum absolute atomic E-state index is 0.0429. The van der Waals surface area contributed by atoms with Gasteiger partial charge >= 0.3 is 6.03 Å². The van der Waals surface area contributed by atoms with Crippen LogP contribution in [0.25, 0.3) is 0 Å². The van der Waals surface area contributed by atoms with E-state index in [4.69, 9.17) is 16.3 Å². The van der Waals surface area contributed by atoms with Crippen molar-refractivity contribution in [1.29, 1.82) is 0 Å². The number of carbonyl (C=O) groups is 1. The Kier molecular flexibility index (Phi) is 5.62. The van der Waals surface area contributed by atoms with Crippen molar-refractivity contribution in [2.75, 3.05) is 30.8 Å². The molecule has 0 unspecified atom stereocenters. The molecule has 0 radical (unpaired) electrons. The summed E-state index contributed by atoms with van der Waals surface area (Å²) in [5, 5.41) is 2.52. The van der Waals surface area contributed by atoms with Crippen molar-refractivity contribution < 1.29 is 23.0 Å². The van der Waals surface area contributed by atoms with Crippen LogP contribution in [0, 0.1) is 5.82 Å². The molecule has 0 atom stereocenters. The van der Waals surface area contributed by atoms with E-state index in [0.29, 0.717) is 11.4 Å². The SMILES string of the molecule is COc1ccc(CN2c3c(Cl)cc(F)c(NC(=O)N(C)C)c3CS2(O)O)cc1. The van der Waals surface area contributed by atoms with Crippen LogP contribution in [0.2, 0.25) is 5.02 Å². The van der Waals surface area contributed by atoms with Gasteiger partial charge in [0.2, 0.25) is 0 Å². The predicted octanol–water partition coefficient (Wildman–Crippen LogP) is 4.77. The van der Waals surface area contributed by atoms with Gasteiger partial charge in [-0.15, -0.1) is 10.8 Å². The van der Waals surface area contributed by atoms with Crippen LogP contribution in [0.3, 0.4) is 0 Å². The second kappa shape index (κ2) is 7.67. The van der Waals surface area contributed by atoms with E-state index in [9.17, 15) is 18.3 Å². The van der Waals surface area contributed by atoms with E-state index < -0.39 is 22.6 Å². The molecule has 1 aliphatic rings. The van der Waals surface area contributed by atoms with E-state index >= 15 is 0 Å². The summed E-state index contributed by atoms with van der Waals surface area (Å²) in [5.74, 6) is -0.301. The fourth-order valence-electron chi connectivity index (χ4n) is 2.92. The molecule has 0 fully saturated rings. The van der Waals surface area contributed by atoms with Gasteiger partial charge in [-0.3, -0.25) is 13.4 Å². The summed E-state index contributed by atoms with van der Waals surface area (Å²) < 4.78 is 42.3. The Morgan fingerprint density at radius 2 is 2.00 bits per heavy atom. The first-order chi connectivity index (χ1) is 13.1. The lowest BCUT2D eigenvalue weighted by Crippen LogP contribution is -2.28. The third kappa shape index (κ3) is 3.83. The number of amides is 2. The van der Waals surface area contributed by atoms with Crippen molar-refractivity contribution in [2.24, 2.45) is 0 Å². The first-order valence-electron chi connectivity index (χ1n) is 8.29. The van der Waals surface area contributed by atoms with E-state index in [1.54, 1.807) is 31.4 Å². The van der Waals surface area contributed by atoms with Gasteiger partial charge in [-0.05, 0) is 23.8 Å². The molecule has 0 bridgehead atoms. The number of methoxy groups -OCH3 is 1. The molecule has 3 rings (SSSR count). The van der Waals surface area contributed by atoms with Gasteiger partial charge in [0, 0.05) is 19.7 Å². The van der Waals surface area contributed by atoms with Gasteiger partial charge in [0.25, 0.3) is 0 Å². The van der Waals surface area contributed by atoms with E-state index in [2.05, 4.69) is 5.32 Å². The lowest BCUT2D eigenvalue weighted by molar-refractivity contribution is 0.230. The maximum atomic E-state index is 14.5. The van der Waals surface area contributed by atoms with Crippen molar-refractivity contribution in [3.63, 3.8) is 0 Å². The van der Waals surface area contributed by atoms with Crippen LogP contribution in [0.15, 0.2) is 30.3 Å². The quantitative estimate of drug-likeness (QED) is 0.652. The summed E-state index contributed by atoms with van der Waals surface area (Å²) in [6.45, 7) is 0.145. The number of nitrogens with zero attached hydrogens (tertiary/aromatic N) is 2. The molecule has 0 spiro atoms. The number of benzene rings is 2. The summed E-state index contributed by atoms with van der Waals surface area (Å²) in [5.41, 5.74) is 1.24. The number of anilines is 2. The zero-order valence-electron chi connectivity index (χ0n) is 15.6. The number of urea groups is 1. The molecule has 10 heteroatoms. The van der Waals surface area contributed by atoms with Gasteiger partial charge in [0.15, 0.2) is 0 Å². The first-order valence-corrected chi connectivity index (χ1v) is 10.3. The molecule has 28 heavy (non-hydrogen) atoms. The third-order valence-corrected chi connectivity index (χ3v) is 6.35. The first kappa shape index (κ1) is 20.5. The number of nitrogens with one attached hydrogen (secondary N) is 1. The number of carbonyl (C=O) groups excluding carboxylic acids is 1. The largest absolute Gasteiger partial charge is 0.497 e. The molecule has 1 aliphatic heterocycles. The van der Waals surface area contributed by atoms with Crippen LogP contribution in [0.1, 0.15) is 11.1 Å². The van der Waals surface area contributed by atoms with Gasteiger partial charge in [0.05, 0.1) is 35.8 Å². The smallest absolute Gasteiger partial charge is 0.321 e. The minimum atomic E-state index is -3.29. The second-order valence-corrected chi connectivity index (χ2v) is 8.93. The van der Waals surface area contributed by atoms with Gasteiger partial charge in [-0.25, -0.2) is 9.18 Å². The van der Waals surface area contributed by atoms with E-state index in [0.717, 1.165) is 11.6 Å². The standard InChI is InChI=1S/C18H21ClFN3O4S/c1-22(2)18(24)21-16-13-10-28(25,26)23(17(13)14(19)8-15(16)20)9-11-4-6-12(27-3)7-5-11/h4-8,25-26H,9-10H2,1-3H3,(H,21,24). The summed E-state index contributed by atoms with van der Waals surface area (Å²) in [7, 11) is 1.31. The molecule has 0 aromatic heterocycles. The summed E-state index contributed by atoms with van der Waals surface area (Å²) in [4.78, 5) is 13.3. The Balaban J connectivity index is 2.02. The highest BCUT2D eigenvalue weighted by atomic mass is 35.5. The normalized spacial score (nSPS) is 15.8. The Morgan fingerprint density at radius 3 is 2.57 bits per heavy atom. The number of ether oxygens (including phenoxy) is 1. The van der Waals surface area contributed by atoms with E-state index in [1.807, 2.05) is 0 Å².